The molecule has 24 heavy (non-hydrogen) atoms. The third-order valence-corrected chi connectivity index (χ3v) is 4.51. The van der Waals surface area contributed by atoms with Crippen LogP contribution in [-0.2, 0) is 4.79 Å². The van der Waals surface area contributed by atoms with Crippen molar-refractivity contribution in [2.75, 3.05) is 37.7 Å². The molecule has 1 fully saturated rings. The molecule has 1 amide bonds. The van der Waals surface area contributed by atoms with Crippen LogP contribution in [-0.4, -0.2) is 48.6 Å². The number of ether oxygens (including phenoxy) is 1. The third kappa shape index (κ3) is 3.67. The van der Waals surface area contributed by atoms with Crippen molar-refractivity contribution in [3.05, 3.63) is 53.7 Å². The second-order valence-electron chi connectivity index (χ2n) is 6.04. The van der Waals surface area contributed by atoms with E-state index in [1.165, 1.54) is 5.56 Å². The summed E-state index contributed by atoms with van der Waals surface area (Å²) in [6, 6.07) is 11.8. The van der Waals surface area contributed by atoms with Crippen LogP contribution in [0.15, 0.2) is 42.6 Å². The number of anilines is 1. The van der Waals surface area contributed by atoms with Crippen LogP contribution in [0.4, 0.5) is 5.82 Å². The van der Waals surface area contributed by atoms with Gasteiger partial charge < -0.3 is 14.5 Å². The maximum Gasteiger partial charge on any atom is 0.260 e. The van der Waals surface area contributed by atoms with Gasteiger partial charge in [-0.3, -0.25) is 4.79 Å². The van der Waals surface area contributed by atoms with Crippen molar-refractivity contribution in [2.45, 2.75) is 13.8 Å². The molecule has 3 rings (SSSR count). The number of carbonyl (C=O) groups excluding carboxylic acids is 1. The molecule has 1 aliphatic heterocycles. The Kier molecular flexibility index (Phi) is 4.99. The number of pyridine rings is 1. The SMILES string of the molecule is Cc1cccc(OCC(=O)N2CCN(c3ccccn3)CC2)c1C. The summed E-state index contributed by atoms with van der Waals surface area (Å²) in [5.41, 5.74) is 2.26. The van der Waals surface area contributed by atoms with E-state index in [9.17, 15) is 4.79 Å². The number of aryl methyl sites for hydroxylation is 1. The van der Waals surface area contributed by atoms with Crippen molar-refractivity contribution in [3.63, 3.8) is 0 Å². The Morgan fingerprint density at radius 1 is 1.08 bits per heavy atom. The Labute approximate surface area is 142 Å². The minimum Gasteiger partial charge on any atom is -0.483 e. The van der Waals surface area contributed by atoms with Gasteiger partial charge in [-0.05, 0) is 43.2 Å². The van der Waals surface area contributed by atoms with Gasteiger partial charge in [0.05, 0.1) is 0 Å². The van der Waals surface area contributed by atoms with Gasteiger partial charge in [0.25, 0.3) is 5.91 Å². The summed E-state index contributed by atoms with van der Waals surface area (Å²) in [5.74, 6) is 1.79. The van der Waals surface area contributed by atoms with Gasteiger partial charge >= 0.3 is 0 Å². The predicted molar refractivity (Wildman–Crippen MR) is 94.4 cm³/mol. The summed E-state index contributed by atoms with van der Waals surface area (Å²) < 4.78 is 5.73. The van der Waals surface area contributed by atoms with Crippen LogP contribution in [0.2, 0.25) is 0 Å². The van der Waals surface area contributed by atoms with Gasteiger partial charge in [0.1, 0.15) is 11.6 Å². The molecular weight excluding hydrogens is 302 g/mol. The van der Waals surface area contributed by atoms with Gasteiger partial charge in [-0.2, -0.15) is 0 Å². The molecular formula is C19H23N3O2. The second kappa shape index (κ2) is 7.34. The average molecular weight is 325 g/mol. The number of rotatable bonds is 4. The van der Waals surface area contributed by atoms with E-state index >= 15 is 0 Å². The van der Waals surface area contributed by atoms with Crippen molar-refractivity contribution in [3.8, 4) is 5.75 Å². The van der Waals surface area contributed by atoms with Crippen molar-refractivity contribution in [2.24, 2.45) is 0 Å². The molecule has 1 saturated heterocycles. The Bertz CT molecular complexity index is 695. The molecule has 0 unspecified atom stereocenters. The first-order valence-electron chi connectivity index (χ1n) is 8.28. The number of hydrogen-bond acceptors (Lipinski definition) is 4. The van der Waals surface area contributed by atoms with Crippen LogP contribution in [0.5, 0.6) is 5.75 Å². The minimum atomic E-state index is 0.0385. The third-order valence-electron chi connectivity index (χ3n) is 4.51. The molecule has 0 spiro atoms. The molecule has 5 nitrogen and oxygen atoms in total. The zero-order chi connectivity index (χ0) is 16.9. The summed E-state index contributed by atoms with van der Waals surface area (Å²) in [6.45, 7) is 7.14. The van der Waals surface area contributed by atoms with Gasteiger partial charge in [-0.25, -0.2) is 4.98 Å². The number of benzene rings is 1. The van der Waals surface area contributed by atoms with Crippen molar-refractivity contribution < 1.29 is 9.53 Å². The highest BCUT2D eigenvalue weighted by atomic mass is 16.5. The summed E-state index contributed by atoms with van der Waals surface area (Å²) in [5, 5.41) is 0. The van der Waals surface area contributed by atoms with E-state index < -0.39 is 0 Å². The van der Waals surface area contributed by atoms with E-state index in [0.717, 1.165) is 30.2 Å². The Balaban J connectivity index is 1.51. The lowest BCUT2D eigenvalue weighted by Gasteiger charge is -2.35. The highest BCUT2D eigenvalue weighted by molar-refractivity contribution is 5.78. The maximum absolute atomic E-state index is 12.4. The average Bonchev–Trinajstić information content (AvgIpc) is 2.63. The lowest BCUT2D eigenvalue weighted by atomic mass is 10.1. The summed E-state index contributed by atoms with van der Waals surface area (Å²) in [4.78, 5) is 20.8. The molecule has 1 aliphatic rings. The Hall–Kier alpha value is -2.56. The number of piperazine rings is 1. The normalized spacial score (nSPS) is 14.6. The first-order chi connectivity index (χ1) is 11.6. The van der Waals surface area contributed by atoms with E-state index in [1.54, 1.807) is 6.20 Å². The van der Waals surface area contributed by atoms with Crippen LogP contribution in [0.1, 0.15) is 11.1 Å². The van der Waals surface area contributed by atoms with Crippen molar-refractivity contribution in [1.82, 2.24) is 9.88 Å². The highest BCUT2D eigenvalue weighted by Gasteiger charge is 2.22. The zero-order valence-electron chi connectivity index (χ0n) is 14.2. The topological polar surface area (TPSA) is 45.7 Å². The highest BCUT2D eigenvalue weighted by Crippen LogP contribution is 2.20. The molecule has 0 atom stereocenters. The predicted octanol–water partition coefficient (Wildman–Crippen LogP) is 2.43. The molecule has 0 N–H and O–H groups in total. The van der Waals surface area contributed by atoms with Crippen molar-refractivity contribution >= 4 is 11.7 Å². The summed E-state index contributed by atoms with van der Waals surface area (Å²) in [6.07, 6.45) is 1.80. The number of aromatic nitrogens is 1. The summed E-state index contributed by atoms with van der Waals surface area (Å²) in [7, 11) is 0. The first-order valence-corrected chi connectivity index (χ1v) is 8.28. The molecule has 5 heteroatoms. The summed E-state index contributed by atoms with van der Waals surface area (Å²) >= 11 is 0. The van der Waals surface area contributed by atoms with E-state index in [4.69, 9.17) is 4.74 Å². The molecule has 0 bridgehead atoms. The van der Waals surface area contributed by atoms with Gasteiger partial charge in [0, 0.05) is 32.4 Å². The number of nitrogens with zero attached hydrogens (tertiary/aromatic N) is 3. The lowest BCUT2D eigenvalue weighted by molar-refractivity contribution is -0.133. The van der Waals surface area contributed by atoms with E-state index in [2.05, 4.69) is 9.88 Å². The molecule has 2 heterocycles. The molecule has 1 aromatic heterocycles. The quantitative estimate of drug-likeness (QED) is 0.866. The fourth-order valence-corrected chi connectivity index (χ4v) is 2.84. The molecule has 2 aromatic rings. The van der Waals surface area contributed by atoms with Gasteiger partial charge in [0.2, 0.25) is 0 Å². The van der Waals surface area contributed by atoms with Gasteiger partial charge in [-0.1, -0.05) is 18.2 Å². The molecule has 0 radical (unpaired) electrons. The molecule has 0 aliphatic carbocycles. The van der Waals surface area contributed by atoms with Crippen LogP contribution < -0.4 is 9.64 Å². The molecule has 126 valence electrons. The van der Waals surface area contributed by atoms with Gasteiger partial charge in [0.15, 0.2) is 6.61 Å². The fraction of sp³-hybridized carbons (Fsp3) is 0.368. The smallest absolute Gasteiger partial charge is 0.260 e. The fourth-order valence-electron chi connectivity index (χ4n) is 2.84. The lowest BCUT2D eigenvalue weighted by Crippen LogP contribution is -2.50. The Morgan fingerprint density at radius 2 is 1.88 bits per heavy atom. The standard InChI is InChI=1S/C19H23N3O2/c1-15-6-5-7-17(16(15)2)24-14-19(23)22-12-10-21(11-13-22)18-8-3-4-9-20-18/h3-9H,10-14H2,1-2H3. The second-order valence-corrected chi connectivity index (χ2v) is 6.04. The number of hydrogen-bond donors (Lipinski definition) is 0. The number of carbonyl (C=O) groups is 1. The van der Waals surface area contributed by atoms with Gasteiger partial charge in [-0.15, -0.1) is 0 Å². The van der Waals surface area contributed by atoms with Crippen LogP contribution in [0.3, 0.4) is 0 Å². The minimum absolute atomic E-state index is 0.0385. The van der Waals surface area contributed by atoms with Crippen LogP contribution >= 0.6 is 0 Å². The number of amides is 1. The molecule has 0 saturated carbocycles. The van der Waals surface area contributed by atoms with Crippen molar-refractivity contribution in [1.29, 1.82) is 0 Å². The van der Waals surface area contributed by atoms with E-state index in [0.29, 0.717) is 13.1 Å². The van der Waals surface area contributed by atoms with Crippen LogP contribution in [0.25, 0.3) is 0 Å². The van der Waals surface area contributed by atoms with E-state index in [-0.39, 0.29) is 12.5 Å². The van der Waals surface area contributed by atoms with Crippen LogP contribution in [0, 0.1) is 13.8 Å². The monoisotopic (exact) mass is 325 g/mol. The largest absolute Gasteiger partial charge is 0.483 e. The maximum atomic E-state index is 12.4. The molecule has 1 aromatic carbocycles. The van der Waals surface area contributed by atoms with E-state index in [1.807, 2.05) is 55.1 Å². The Morgan fingerprint density at radius 3 is 2.58 bits per heavy atom. The first kappa shape index (κ1) is 16.3. The zero-order valence-corrected chi connectivity index (χ0v) is 14.2.